The fourth-order valence-corrected chi connectivity index (χ4v) is 7.82. The van der Waals surface area contributed by atoms with Crippen molar-refractivity contribution in [2.75, 3.05) is 114 Å². The van der Waals surface area contributed by atoms with Crippen molar-refractivity contribution in [3.8, 4) is 0 Å². The third-order valence-electron chi connectivity index (χ3n) is 12.2. The van der Waals surface area contributed by atoms with Gasteiger partial charge in [0.1, 0.15) is 6.04 Å². The Bertz CT molecular complexity index is 1930. The van der Waals surface area contributed by atoms with Gasteiger partial charge in [0.05, 0.1) is 31.7 Å². The van der Waals surface area contributed by atoms with Gasteiger partial charge in [-0.3, -0.25) is 53.8 Å². The van der Waals surface area contributed by atoms with Crippen LogP contribution in [0, 0.1) is 0 Å². The number of unbranched alkanes of at least 4 members (excludes halogenated alkanes) is 7. The molecule has 72 heavy (non-hydrogen) atoms. The summed E-state index contributed by atoms with van der Waals surface area (Å²) in [6.07, 6.45) is 8.73. The molecule has 2 rings (SSSR count). The van der Waals surface area contributed by atoms with Crippen molar-refractivity contribution in [1.29, 1.82) is 0 Å². The minimum Gasteiger partial charge on any atom is -0.481 e. The van der Waals surface area contributed by atoms with Gasteiger partial charge in [0.2, 0.25) is 23.8 Å². The molecule has 28 nitrogen and oxygen atoms in total. The zero-order chi connectivity index (χ0) is 53.6. The molecule has 0 spiro atoms. The molecule has 2 heterocycles. The number of amides is 3. The maximum Gasteiger partial charge on any atom is 0.334 e. The monoisotopic (exact) mass is 1020 g/mol. The Kier molecular flexibility index (Phi) is 28.4. The molecule has 13 N–H and O–H groups in total. The fourth-order valence-electron chi connectivity index (χ4n) is 7.82. The van der Waals surface area contributed by atoms with Gasteiger partial charge in [0.15, 0.2) is 0 Å². The van der Waals surface area contributed by atoms with Gasteiger partial charge in [-0.25, -0.2) is 15.0 Å². The SMILES string of the molecule is C=CC(C)([C@H](C)Nc1nc(N)nc(N2CCN(CCCCCCCCCCC(=O)NNC(=O)N[C@@H](CCC(=O)O)C(=O)O)CC2)n1)N(CCN(CCN(CCNCC(=O)O)CC(=O)O)CC(=O)O)CC(=O)O. The summed E-state index contributed by atoms with van der Waals surface area (Å²) in [6.45, 7) is 10.8. The van der Waals surface area contributed by atoms with Crippen LogP contribution in [0.1, 0.15) is 84.5 Å². The van der Waals surface area contributed by atoms with Crippen LogP contribution in [0.15, 0.2) is 12.7 Å². The standard InChI is InChI=1S/C44H76N14O14/c1-4-44(3,58(30-38(68)69)26-23-56(29-37(66)67)20-19-55(28-36(64)65)18-16-46-27-35(62)63)31(2)47-41-49-40(45)50-42(51-41)57-24-21-54(22-25-57)17-12-10-8-6-5-7-9-11-13-33(59)52-53-43(72)48-32(39(70)71)14-15-34(60)61/h4,31-32,46H,1,5-30H2,2-3H3,(H,52,59)(H,60,61)(H,62,63)(H,64,65)(H,66,67)(H,68,69)(H,70,71)(H2,48,53,72)(H3,45,47,49,50,51)/t31-,32-,44?/m0/s1. The summed E-state index contributed by atoms with van der Waals surface area (Å²) in [4.78, 5) is 115. The second kappa shape index (κ2) is 33.2. The summed E-state index contributed by atoms with van der Waals surface area (Å²) in [6, 6.07) is -2.92. The lowest BCUT2D eigenvalue weighted by atomic mass is 9.91. The highest BCUT2D eigenvalue weighted by atomic mass is 16.4. The fraction of sp³-hybridized carbons (Fsp3) is 0.705. The van der Waals surface area contributed by atoms with E-state index in [1.807, 2.05) is 11.8 Å². The Morgan fingerprint density at radius 2 is 1.28 bits per heavy atom. The Labute approximate surface area is 418 Å². The first-order valence-corrected chi connectivity index (χ1v) is 24.1. The number of anilines is 3. The predicted molar refractivity (Wildman–Crippen MR) is 262 cm³/mol. The molecule has 406 valence electrons. The van der Waals surface area contributed by atoms with E-state index >= 15 is 0 Å². The second-order valence-electron chi connectivity index (χ2n) is 17.7. The van der Waals surface area contributed by atoms with E-state index in [1.165, 1.54) is 0 Å². The number of hydrogen-bond acceptors (Lipinski definition) is 19. The van der Waals surface area contributed by atoms with E-state index in [2.05, 4.69) is 53.2 Å². The minimum atomic E-state index is -1.41. The molecule has 1 saturated heterocycles. The molecule has 3 atom stereocenters. The molecular formula is C44H76N14O14. The molecule has 0 bridgehead atoms. The third-order valence-corrected chi connectivity index (χ3v) is 12.2. The number of aliphatic carboxylic acids is 6. The van der Waals surface area contributed by atoms with Crippen molar-refractivity contribution in [2.45, 2.75) is 102 Å². The van der Waals surface area contributed by atoms with Gasteiger partial charge in [-0.05, 0) is 39.7 Å². The van der Waals surface area contributed by atoms with Crippen molar-refractivity contribution in [3.63, 3.8) is 0 Å². The number of urea groups is 1. The second-order valence-corrected chi connectivity index (χ2v) is 17.7. The lowest BCUT2D eigenvalue weighted by Crippen LogP contribution is -2.58. The van der Waals surface area contributed by atoms with Crippen LogP contribution in [0.4, 0.5) is 22.6 Å². The summed E-state index contributed by atoms with van der Waals surface area (Å²) in [7, 11) is 0. The van der Waals surface area contributed by atoms with Crippen LogP contribution in [0.25, 0.3) is 0 Å². The number of hydrazine groups is 1. The van der Waals surface area contributed by atoms with Crippen LogP contribution in [-0.2, 0) is 33.6 Å². The van der Waals surface area contributed by atoms with Crippen molar-refractivity contribution in [2.24, 2.45) is 0 Å². The highest BCUT2D eigenvalue weighted by molar-refractivity contribution is 5.85. The number of aromatic nitrogens is 3. The molecule has 1 aromatic heterocycles. The van der Waals surface area contributed by atoms with Crippen LogP contribution < -0.4 is 37.4 Å². The smallest absolute Gasteiger partial charge is 0.334 e. The maximum atomic E-state index is 12.2. The Balaban J connectivity index is 1.82. The number of nitrogens with two attached hydrogens (primary N) is 1. The van der Waals surface area contributed by atoms with Gasteiger partial charge in [0, 0.05) is 84.3 Å². The number of carboxylic acids is 6. The summed E-state index contributed by atoms with van der Waals surface area (Å²) < 4.78 is 0. The molecule has 1 unspecified atom stereocenters. The molecule has 1 aliphatic rings. The number of piperazine rings is 1. The Morgan fingerprint density at radius 1 is 0.708 bits per heavy atom. The number of carbonyl (C=O) groups excluding carboxylic acids is 2. The molecule has 0 aromatic carbocycles. The normalized spacial score (nSPS) is 14.5. The van der Waals surface area contributed by atoms with Crippen LogP contribution >= 0.6 is 0 Å². The number of rotatable bonds is 39. The van der Waals surface area contributed by atoms with E-state index in [9.17, 15) is 53.7 Å². The van der Waals surface area contributed by atoms with Gasteiger partial charge < -0.3 is 57.2 Å². The van der Waals surface area contributed by atoms with Gasteiger partial charge in [0.25, 0.3) is 0 Å². The van der Waals surface area contributed by atoms with Crippen molar-refractivity contribution < 1.29 is 69.0 Å². The lowest BCUT2D eigenvalue weighted by Gasteiger charge is -2.43. The molecule has 0 saturated carbocycles. The lowest BCUT2D eigenvalue weighted by molar-refractivity contribution is -0.141. The van der Waals surface area contributed by atoms with Gasteiger partial charge in [-0.1, -0.05) is 44.6 Å². The molecule has 3 amide bonds. The zero-order valence-electron chi connectivity index (χ0n) is 41.4. The number of nitrogens with zero attached hydrogens (tertiary/aromatic N) is 8. The first-order chi connectivity index (χ1) is 34.1. The molecule has 28 heteroatoms. The number of nitrogens with one attached hydrogen (secondary N) is 5. The first kappa shape index (κ1) is 61.6. The van der Waals surface area contributed by atoms with Crippen LogP contribution in [0.2, 0.25) is 0 Å². The van der Waals surface area contributed by atoms with E-state index in [4.69, 9.17) is 21.1 Å². The molecule has 1 aromatic rings. The van der Waals surface area contributed by atoms with Crippen LogP contribution in [0.3, 0.4) is 0 Å². The van der Waals surface area contributed by atoms with Crippen LogP contribution in [0.5, 0.6) is 0 Å². The largest absolute Gasteiger partial charge is 0.481 e. The van der Waals surface area contributed by atoms with Crippen molar-refractivity contribution in [3.05, 3.63) is 12.7 Å². The number of carbonyl (C=O) groups is 8. The highest BCUT2D eigenvalue weighted by Gasteiger charge is 2.37. The van der Waals surface area contributed by atoms with Gasteiger partial charge in [-0.2, -0.15) is 15.0 Å². The Morgan fingerprint density at radius 3 is 1.83 bits per heavy atom. The van der Waals surface area contributed by atoms with E-state index in [-0.39, 0.29) is 77.1 Å². The molecule has 0 aliphatic carbocycles. The van der Waals surface area contributed by atoms with Crippen molar-refractivity contribution >= 4 is 65.6 Å². The zero-order valence-corrected chi connectivity index (χ0v) is 41.4. The summed E-state index contributed by atoms with van der Waals surface area (Å²) in [5.41, 5.74) is 9.41. The number of nitrogen functional groups attached to an aromatic ring is 1. The number of carboxylic acid groups (broad SMARTS) is 6. The molecular weight excluding hydrogens is 949 g/mol. The molecule has 1 fully saturated rings. The topological polar surface area (TPSA) is 399 Å². The Hall–Kier alpha value is -6.49. The average molecular weight is 1030 g/mol. The summed E-state index contributed by atoms with van der Waals surface area (Å²) >= 11 is 0. The van der Waals surface area contributed by atoms with Gasteiger partial charge >= 0.3 is 41.8 Å². The summed E-state index contributed by atoms with van der Waals surface area (Å²) in [5, 5.41) is 63.8. The van der Waals surface area contributed by atoms with E-state index in [0.29, 0.717) is 25.5 Å². The molecule has 0 radical (unpaired) electrons. The van der Waals surface area contributed by atoms with Gasteiger partial charge in [-0.15, -0.1) is 6.58 Å². The predicted octanol–water partition coefficient (Wildman–Crippen LogP) is -0.686. The molecule has 1 aliphatic heterocycles. The average Bonchev–Trinajstić information content (AvgIpc) is 3.30. The van der Waals surface area contributed by atoms with E-state index in [0.717, 1.165) is 64.6 Å². The van der Waals surface area contributed by atoms with Crippen LogP contribution in [-0.4, -0.2) is 229 Å². The number of hydrogen-bond donors (Lipinski definition) is 12. The maximum absolute atomic E-state index is 12.2. The first-order valence-electron chi connectivity index (χ1n) is 24.1. The summed E-state index contributed by atoms with van der Waals surface area (Å²) in [5.74, 6) is -6.88. The van der Waals surface area contributed by atoms with Crippen molar-refractivity contribution in [1.82, 2.24) is 56.0 Å². The minimum absolute atomic E-state index is 0.00893. The quantitative estimate of drug-likeness (QED) is 0.0221. The van der Waals surface area contributed by atoms with E-state index < -0.39 is 84.9 Å². The highest BCUT2D eigenvalue weighted by Crippen LogP contribution is 2.25. The van der Waals surface area contributed by atoms with E-state index in [1.54, 1.807) is 27.7 Å². The third kappa shape index (κ3) is 25.6.